The van der Waals surface area contributed by atoms with Crippen LogP contribution in [0, 0.1) is 5.82 Å². The lowest BCUT2D eigenvalue weighted by Gasteiger charge is -2.14. The Bertz CT molecular complexity index is 1160. The third kappa shape index (κ3) is 6.54. The van der Waals surface area contributed by atoms with Crippen molar-refractivity contribution in [2.75, 3.05) is 23.4 Å². The molecule has 0 radical (unpaired) electrons. The quantitative estimate of drug-likeness (QED) is 0.381. The van der Waals surface area contributed by atoms with E-state index in [1.807, 2.05) is 0 Å². The highest BCUT2D eigenvalue weighted by Gasteiger charge is 2.24. The Hall–Kier alpha value is -3.41. The van der Waals surface area contributed by atoms with Crippen LogP contribution in [0.4, 0.5) is 15.9 Å². The topological polar surface area (TPSA) is 142 Å². The molecule has 0 saturated heterocycles. The number of amides is 1. The number of nitrogens with two attached hydrogens (primary N) is 1. The van der Waals surface area contributed by atoms with Gasteiger partial charge in [-0.15, -0.1) is 11.8 Å². The fourth-order valence-electron chi connectivity index (χ4n) is 2.81. The van der Waals surface area contributed by atoms with Crippen LogP contribution in [0.3, 0.4) is 0 Å². The van der Waals surface area contributed by atoms with Gasteiger partial charge < -0.3 is 15.8 Å². The first kappa shape index (κ1) is 25.8. The van der Waals surface area contributed by atoms with Gasteiger partial charge in [0.05, 0.1) is 5.75 Å². The predicted molar refractivity (Wildman–Crippen MR) is 123 cm³/mol. The van der Waals surface area contributed by atoms with Crippen LogP contribution in [0.1, 0.15) is 30.6 Å². The van der Waals surface area contributed by atoms with Crippen molar-refractivity contribution >= 4 is 40.9 Å². The largest absolute Gasteiger partial charge is 0.456 e. The van der Waals surface area contributed by atoms with Crippen LogP contribution in [0.15, 0.2) is 33.9 Å². The van der Waals surface area contributed by atoms with Crippen molar-refractivity contribution in [2.24, 2.45) is 7.05 Å². The van der Waals surface area contributed by atoms with E-state index in [1.54, 1.807) is 6.92 Å². The van der Waals surface area contributed by atoms with Gasteiger partial charge in [-0.3, -0.25) is 28.3 Å². The van der Waals surface area contributed by atoms with Gasteiger partial charge >= 0.3 is 11.7 Å². The number of nitrogen functional groups attached to an aromatic ring is 1. The zero-order valence-corrected chi connectivity index (χ0v) is 19.2. The van der Waals surface area contributed by atoms with E-state index in [9.17, 15) is 28.4 Å². The number of ketones is 1. The number of nitrogens with zero attached hydrogens (tertiary/aromatic N) is 2. The fourth-order valence-corrected chi connectivity index (χ4v) is 3.49. The van der Waals surface area contributed by atoms with Crippen LogP contribution in [-0.2, 0) is 27.9 Å². The van der Waals surface area contributed by atoms with Crippen molar-refractivity contribution in [3.8, 4) is 0 Å². The summed E-state index contributed by atoms with van der Waals surface area (Å²) in [4.78, 5) is 61.3. The Balaban J connectivity index is 1.95. The predicted octanol–water partition coefficient (Wildman–Crippen LogP) is 1.16. The number of halogens is 1. The van der Waals surface area contributed by atoms with Gasteiger partial charge in [-0.1, -0.05) is 6.92 Å². The molecule has 178 valence electrons. The number of esters is 1. The van der Waals surface area contributed by atoms with Gasteiger partial charge in [0, 0.05) is 19.3 Å². The standard InChI is InChI=1S/C21H25FN4O6S/c1-4-9-26-18(23)17(19(29)25(3)21(26)31)15(27)10-32-20(30)12(2)33-11-16(28)24-14-7-5-13(22)6-8-14/h5-8,12H,4,9-11,23H2,1-3H3,(H,24,28). The molecular weight excluding hydrogens is 455 g/mol. The number of carbonyl (C=O) groups is 3. The molecule has 1 atom stereocenters. The molecule has 2 aromatic rings. The van der Waals surface area contributed by atoms with Crippen molar-refractivity contribution in [1.29, 1.82) is 0 Å². The number of thioether (sulfide) groups is 1. The Morgan fingerprint density at radius 3 is 2.45 bits per heavy atom. The number of nitrogens with one attached hydrogen (secondary N) is 1. The zero-order valence-electron chi connectivity index (χ0n) is 18.4. The number of Topliss-reactive ketones (excluding diaryl/α,β-unsaturated/α-hetero) is 1. The molecule has 0 aliphatic carbocycles. The first-order valence-electron chi connectivity index (χ1n) is 10.0. The number of anilines is 2. The van der Waals surface area contributed by atoms with Gasteiger partial charge in [0.25, 0.3) is 5.56 Å². The summed E-state index contributed by atoms with van der Waals surface area (Å²) in [5, 5.41) is 1.78. The summed E-state index contributed by atoms with van der Waals surface area (Å²) >= 11 is 0.974. The summed E-state index contributed by atoms with van der Waals surface area (Å²) in [7, 11) is 1.23. The molecule has 0 fully saturated rings. The van der Waals surface area contributed by atoms with E-state index in [0.717, 1.165) is 20.9 Å². The molecule has 1 heterocycles. The van der Waals surface area contributed by atoms with Crippen LogP contribution in [0.2, 0.25) is 0 Å². The van der Waals surface area contributed by atoms with Gasteiger partial charge in [0.2, 0.25) is 11.7 Å². The maximum absolute atomic E-state index is 12.9. The van der Waals surface area contributed by atoms with E-state index >= 15 is 0 Å². The highest BCUT2D eigenvalue weighted by atomic mass is 32.2. The SMILES string of the molecule is CCCn1c(N)c(C(=O)COC(=O)C(C)SCC(=O)Nc2ccc(F)cc2)c(=O)n(C)c1=O. The molecule has 1 aromatic carbocycles. The highest BCUT2D eigenvalue weighted by molar-refractivity contribution is 8.01. The summed E-state index contributed by atoms with van der Waals surface area (Å²) in [6.07, 6.45) is 0.550. The number of carbonyl (C=O) groups excluding carboxylic acids is 3. The zero-order chi connectivity index (χ0) is 24.7. The second kappa shape index (κ2) is 11.5. The Morgan fingerprint density at radius 2 is 1.85 bits per heavy atom. The number of benzene rings is 1. The van der Waals surface area contributed by atoms with Gasteiger partial charge in [0.1, 0.15) is 22.4 Å². The van der Waals surface area contributed by atoms with Crippen LogP contribution in [-0.4, -0.2) is 44.4 Å². The molecule has 10 nitrogen and oxygen atoms in total. The van der Waals surface area contributed by atoms with E-state index in [4.69, 9.17) is 10.5 Å². The van der Waals surface area contributed by atoms with Crippen LogP contribution in [0.5, 0.6) is 0 Å². The summed E-state index contributed by atoms with van der Waals surface area (Å²) in [5.74, 6) is -2.80. The second-order valence-electron chi connectivity index (χ2n) is 7.10. The number of hydrogen-bond donors (Lipinski definition) is 2. The molecule has 33 heavy (non-hydrogen) atoms. The Labute approximate surface area is 192 Å². The summed E-state index contributed by atoms with van der Waals surface area (Å²) < 4.78 is 19.8. The maximum Gasteiger partial charge on any atom is 0.332 e. The summed E-state index contributed by atoms with van der Waals surface area (Å²) in [6, 6.07) is 5.21. The smallest absolute Gasteiger partial charge is 0.332 e. The van der Waals surface area contributed by atoms with Gasteiger partial charge in [-0.05, 0) is 37.6 Å². The first-order valence-corrected chi connectivity index (χ1v) is 11.1. The third-order valence-corrected chi connectivity index (χ3v) is 5.70. The molecule has 12 heteroatoms. The summed E-state index contributed by atoms with van der Waals surface area (Å²) in [6.45, 7) is 2.78. The molecule has 3 N–H and O–H groups in total. The van der Waals surface area contributed by atoms with E-state index in [2.05, 4.69) is 5.32 Å². The second-order valence-corrected chi connectivity index (χ2v) is 8.43. The lowest BCUT2D eigenvalue weighted by Crippen LogP contribution is -2.43. The Morgan fingerprint density at radius 1 is 1.21 bits per heavy atom. The number of rotatable bonds is 10. The number of hydrogen-bond acceptors (Lipinski definition) is 8. The Kier molecular flexibility index (Phi) is 8.97. The third-order valence-electron chi connectivity index (χ3n) is 4.58. The van der Waals surface area contributed by atoms with E-state index in [1.165, 1.54) is 38.2 Å². The van der Waals surface area contributed by atoms with Gasteiger partial charge in [0.15, 0.2) is 6.61 Å². The monoisotopic (exact) mass is 480 g/mol. The van der Waals surface area contributed by atoms with Crippen LogP contribution < -0.4 is 22.3 Å². The minimum absolute atomic E-state index is 0.0862. The van der Waals surface area contributed by atoms with E-state index < -0.39 is 52.1 Å². The minimum atomic E-state index is -0.870. The van der Waals surface area contributed by atoms with Crippen molar-refractivity contribution in [2.45, 2.75) is 32.1 Å². The van der Waals surface area contributed by atoms with Crippen LogP contribution >= 0.6 is 11.8 Å². The molecule has 1 amide bonds. The average molecular weight is 481 g/mol. The molecule has 0 bridgehead atoms. The highest BCUT2D eigenvalue weighted by Crippen LogP contribution is 2.15. The van der Waals surface area contributed by atoms with E-state index in [-0.39, 0.29) is 18.1 Å². The normalized spacial score (nSPS) is 11.6. The van der Waals surface area contributed by atoms with Crippen molar-refractivity contribution in [3.05, 3.63) is 56.5 Å². The van der Waals surface area contributed by atoms with E-state index in [0.29, 0.717) is 12.1 Å². The van der Waals surface area contributed by atoms with Crippen LogP contribution in [0.25, 0.3) is 0 Å². The number of ether oxygens (including phenoxy) is 1. The lowest BCUT2D eigenvalue weighted by molar-refractivity contribution is -0.141. The molecule has 0 spiro atoms. The number of aromatic nitrogens is 2. The molecule has 0 aliphatic rings. The van der Waals surface area contributed by atoms with Gasteiger partial charge in [-0.25, -0.2) is 9.18 Å². The lowest BCUT2D eigenvalue weighted by atomic mass is 10.2. The maximum atomic E-state index is 12.9. The fraction of sp³-hybridized carbons (Fsp3) is 0.381. The van der Waals surface area contributed by atoms with Gasteiger partial charge in [-0.2, -0.15) is 0 Å². The average Bonchev–Trinajstić information content (AvgIpc) is 2.78. The molecule has 0 saturated carbocycles. The molecule has 1 aromatic heterocycles. The first-order chi connectivity index (χ1) is 15.6. The van der Waals surface area contributed by atoms with Crippen molar-refractivity contribution in [3.63, 3.8) is 0 Å². The molecule has 0 aliphatic heterocycles. The molecule has 2 rings (SSSR count). The van der Waals surface area contributed by atoms with Crippen molar-refractivity contribution < 1.29 is 23.5 Å². The molecular formula is C21H25FN4O6S. The van der Waals surface area contributed by atoms with Crippen molar-refractivity contribution in [1.82, 2.24) is 9.13 Å². The molecule has 1 unspecified atom stereocenters. The minimum Gasteiger partial charge on any atom is -0.456 e. The summed E-state index contributed by atoms with van der Waals surface area (Å²) in [5.41, 5.74) is 4.36.